The minimum absolute atomic E-state index is 0.0749. The first-order valence-electron chi connectivity index (χ1n) is 6.06. The summed E-state index contributed by atoms with van der Waals surface area (Å²) < 4.78 is 1.43. The lowest BCUT2D eigenvalue weighted by molar-refractivity contribution is 0.0681. The monoisotopic (exact) mass is 275 g/mol. The third-order valence-electron chi connectivity index (χ3n) is 2.81. The number of carbonyl (C=O) groups is 2. The Morgan fingerprint density at radius 3 is 2.30 bits per heavy atom. The van der Waals surface area contributed by atoms with Gasteiger partial charge in [-0.25, -0.2) is 14.3 Å². The van der Waals surface area contributed by atoms with Gasteiger partial charge in [0.25, 0.3) is 0 Å². The second kappa shape index (κ2) is 5.52. The van der Waals surface area contributed by atoms with Crippen LogP contribution >= 0.6 is 0 Å². The Bertz CT molecular complexity index is 646. The first kappa shape index (κ1) is 13.7. The highest BCUT2D eigenvalue weighted by Gasteiger charge is 2.19. The number of benzene rings is 1. The maximum Gasteiger partial charge on any atom is 0.358 e. The van der Waals surface area contributed by atoms with Crippen molar-refractivity contribution in [3.63, 3.8) is 0 Å². The smallest absolute Gasteiger partial charge is 0.358 e. The standard InChI is InChI=1S/C13H13N3O4/c1-2-3-10-11(13(19)20)14-15-16(10)9-6-4-8(5-7-9)12(17)18/h4-7H,2-3H2,1H3,(H,17,18)(H,19,20). The van der Waals surface area contributed by atoms with Gasteiger partial charge in [-0.05, 0) is 30.7 Å². The fourth-order valence-electron chi connectivity index (χ4n) is 1.88. The van der Waals surface area contributed by atoms with E-state index in [1.807, 2.05) is 6.92 Å². The predicted octanol–water partition coefficient (Wildman–Crippen LogP) is 1.62. The summed E-state index contributed by atoms with van der Waals surface area (Å²) in [6.07, 6.45) is 1.27. The molecule has 0 aliphatic carbocycles. The van der Waals surface area contributed by atoms with Crippen LogP contribution in [0, 0.1) is 0 Å². The number of aromatic nitrogens is 3. The molecule has 1 aromatic heterocycles. The van der Waals surface area contributed by atoms with E-state index in [1.54, 1.807) is 12.1 Å². The second-order valence-electron chi connectivity index (χ2n) is 4.20. The van der Waals surface area contributed by atoms with E-state index < -0.39 is 11.9 Å². The van der Waals surface area contributed by atoms with Gasteiger partial charge >= 0.3 is 11.9 Å². The molecule has 104 valence electrons. The molecule has 0 radical (unpaired) electrons. The fourth-order valence-corrected chi connectivity index (χ4v) is 1.88. The first-order valence-corrected chi connectivity index (χ1v) is 6.06. The van der Waals surface area contributed by atoms with Crippen molar-refractivity contribution in [2.24, 2.45) is 0 Å². The highest BCUT2D eigenvalue weighted by molar-refractivity contribution is 5.88. The van der Waals surface area contributed by atoms with Crippen LogP contribution < -0.4 is 0 Å². The minimum atomic E-state index is -1.12. The number of hydrogen-bond acceptors (Lipinski definition) is 4. The van der Waals surface area contributed by atoms with Crippen LogP contribution in [-0.4, -0.2) is 37.1 Å². The van der Waals surface area contributed by atoms with Crippen LogP contribution in [0.1, 0.15) is 39.9 Å². The van der Waals surface area contributed by atoms with Crippen LogP contribution in [0.15, 0.2) is 24.3 Å². The molecule has 0 fully saturated rings. The molecule has 20 heavy (non-hydrogen) atoms. The van der Waals surface area contributed by atoms with Gasteiger partial charge in [-0.2, -0.15) is 0 Å². The molecule has 0 atom stereocenters. The van der Waals surface area contributed by atoms with Gasteiger partial charge in [0.15, 0.2) is 5.69 Å². The summed E-state index contributed by atoms with van der Waals surface area (Å²) >= 11 is 0. The Morgan fingerprint density at radius 2 is 1.80 bits per heavy atom. The lowest BCUT2D eigenvalue weighted by Gasteiger charge is -2.06. The number of carboxylic acid groups (broad SMARTS) is 2. The van der Waals surface area contributed by atoms with Gasteiger partial charge < -0.3 is 10.2 Å². The van der Waals surface area contributed by atoms with Gasteiger partial charge in [0, 0.05) is 0 Å². The zero-order chi connectivity index (χ0) is 14.7. The molecule has 1 heterocycles. The van der Waals surface area contributed by atoms with E-state index in [9.17, 15) is 9.59 Å². The van der Waals surface area contributed by atoms with Crippen LogP contribution in [-0.2, 0) is 6.42 Å². The summed E-state index contributed by atoms with van der Waals surface area (Å²) in [5, 5.41) is 25.4. The average Bonchev–Trinajstić information content (AvgIpc) is 2.83. The number of aromatic carboxylic acids is 2. The molecule has 0 bridgehead atoms. The van der Waals surface area contributed by atoms with Gasteiger partial charge in [0.2, 0.25) is 0 Å². The number of nitrogens with zero attached hydrogens (tertiary/aromatic N) is 3. The molecule has 0 saturated heterocycles. The summed E-state index contributed by atoms with van der Waals surface area (Å²) in [6, 6.07) is 6.02. The molecule has 2 rings (SSSR count). The van der Waals surface area contributed by atoms with E-state index in [1.165, 1.54) is 16.8 Å². The SMILES string of the molecule is CCCc1c(C(=O)O)nnn1-c1ccc(C(=O)O)cc1. The van der Waals surface area contributed by atoms with Crippen LogP contribution in [0.25, 0.3) is 5.69 Å². The first-order chi connectivity index (χ1) is 9.54. The molecule has 1 aromatic carbocycles. The number of rotatable bonds is 5. The summed E-state index contributed by atoms with van der Waals surface area (Å²) in [7, 11) is 0. The number of carboxylic acids is 2. The van der Waals surface area contributed by atoms with E-state index in [0.29, 0.717) is 17.8 Å². The van der Waals surface area contributed by atoms with E-state index >= 15 is 0 Å². The fraction of sp³-hybridized carbons (Fsp3) is 0.231. The summed E-state index contributed by atoms with van der Waals surface area (Å²) in [5.74, 6) is -2.14. The van der Waals surface area contributed by atoms with Crippen LogP contribution in [0.3, 0.4) is 0 Å². The highest BCUT2D eigenvalue weighted by atomic mass is 16.4. The zero-order valence-corrected chi connectivity index (χ0v) is 10.8. The van der Waals surface area contributed by atoms with Gasteiger partial charge in [0.05, 0.1) is 16.9 Å². The second-order valence-corrected chi connectivity index (χ2v) is 4.20. The highest BCUT2D eigenvalue weighted by Crippen LogP contribution is 2.16. The van der Waals surface area contributed by atoms with E-state index in [-0.39, 0.29) is 11.3 Å². The van der Waals surface area contributed by atoms with Crippen LogP contribution in [0.2, 0.25) is 0 Å². The van der Waals surface area contributed by atoms with Crippen LogP contribution in [0.5, 0.6) is 0 Å². The Kier molecular flexibility index (Phi) is 3.79. The van der Waals surface area contributed by atoms with Gasteiger partial charge in [-0.3, -0.25) is 0 Å². The van der Waals surface area contributed by atoms with Gasteiger partial charge in [0.1, 0.15) is 0 Å². The molecule has 0 amide bonds. The Balaban J connectivity index is 2.46. The summed E-state index contributed by atoms with van der Waals surface area (Å²) in [4.78, 5) is 21.9. The molecule has 2 aromatic rings. The molecule has 2 N–H and O–H groups in total. The average molecular weight is 275 g/mol. The normalized spacial score (nSPS) is 10.4. The molecule has 0 spiro atoms. The topological polar surface area (TPSA) is 105 Å². The zero-order valence-electron chi connectivity index (χ0n) is 10.8. The molecular formula is C13H13N3O4. The van der Waals surface area contributed by atoms with E-state index in [2.05, 4.69) is 10.3 Å². The predicted molar refractivity (Wildman–Crippen MR) is 69.3 cm³/mol. The Hall–Kier alpha value is -2.70. The molecule has 0 aliphatic heterocycles. The Labute approximate surface area is 114 Å². The van der Waals surface area contributed by atoms with Crippen molar-refractivity contribution in [3.05, 3.63) is 41.2 Å². The van der Waals surface area contributed by atoms with Crippen molar-refractivity contribution in [1.29, 1.82) is 0 Å². The van der Waals surface area contributed by atoms with Crippen molar-refractivity contribution >= 4 is 11.9 Å². The molecular weight excluding hydrogens is 262 g/mol. The minimum Gasteiger partial charge on any atom is -0.478 e. The van der Waals surface area contributed by atoms with Crippen molar-refractivity contribution in [1.82, 2.24) is 15.0 Å². The number of hydrogen-bond donors (Lipinski definition) is 2. The van der Waals surface area contributed by atoms with Crippen molar-refractivity contribution in [3.8, 4) is 5.69 Å². The largest absolute Gasteiger partial charge is 0.478 e. The van der Waals surface area contributed by atoms with E-state index in [0.717, 1.165) is 6.42 Å². The van der Waals surface area contributed by atoms with Crippen molar-refractivity contribution in [2.45, 2.75) is 19.8 Å². The lowest BCUT2D eigenvalue weighted by Crippen LogP contribution is -2.07. The van der Waals surface area contributed by atoms with Crippen molar-refractivity contribution < 1.29 is 19.8 Å². The maximum atomic E-state index is 11.1. The quantitative estimate of drug-likeness (QED) is 0.858. The maximum absolute atomic E-state index is 11.1. The third kappa shape index (κ3) is 2.51. The van der Waals surface area contributed by atoms with E-state index in [4.69, 9.17) is 10.2 Å². The summed E-state index contributed by atoms with van der Waals surface area (Å²) in [5.41, 5.74) is 1.17. The van der Waals surface area contributed by atoms with Crippen LogP contribution in [0.4, 0.5) is 0 Å². The van der Waals surface area contributed by atoms with Gasteiger partial charge in [-0.15, -0.1) is 5.10 Å². The third-order valence-corrected chi connectivity index (χ3v) is 2.81. The molecule has 0 unspecified atom stereocenters. The summed E-state index contributed by atoms with van der Waals surface area (Å²) in [6.45, 7) is 1.93. The molecule has 7 nitrogen and oxygen atoms in total. The van der Waals surface area contributed by atoms with Crippen molar-refractivity contribution in [2.75, 3.05) is 0 Å². The van der Waals surface area contributed by atoms with Gasteiger partial charge in [-0.1, -0.05) is 18.6 Å². The lowest BCUT2D eigenvalue weighted by atomic mass is 10.1. The molecule has 0 saturated carbocycles. The molecule has 7 heteroatoms. The Morgan fingerprint density at radius 1 is 1.15 bits per heavy atom. The molecule has 0 aliphatic rings.